The van der Waals surface area contributed by atoms with Crippen LogP contribution in [0.1, 0.15) is 49.5 Å². The maximum absolute atomic E-state index is 12.4. The fourth-order valence-electron chi connectivity index (χ4n) is 4.20. The average Bonchev–Trinajstić information content (AvgIpc) is 3.20. The third-order valence-corrected chi connectivity index (χ3v) is 5.28. The lowest BCUT2D eigenvalue weighted by Crippen LogP contribution is -2.40. The van der Waals surface area contributed by atoms with Crippen LogP contribution in [0.2, 0.25) is 0 Å². The van der Waals surface area contributed by atoms with Crippen molar-refractivity contribution in [2.75, 3.05) is 0 Å². The van der Waals surface area contributed by atoms with Gasteiger partial charge in [0, 0.05) is 12.2 Å². The Morgan fingerprint density at radius 3 is 2.91 bits per heavy atom. The molecule has 2 fully saturated rings. The van der Waals surface area contributed by atoms with E-state index in [1.807, 2.05) is 0 Å². The Balaban J connectivity index is 1.60. The zero-order valence-corrected chi connectivity index (χ0v) is 12.9. The van der Waals surface area contributed by atoms with Crippen LogP contribution in [0.3, 0.4) is 0 Å². The van der Waals surface area contributed by atoms with Crippen molar-refractivity contribution >= 4 is 11.9 Å². The number of amides is 1. The molecule has 6 nitrogen and oxygen atoms in total. The van der Waals surface area contributed by atoms with Gasteiger partial charge in [-0.25, -0.2) is 0 Å². The van der Waals surface area contributed by atoms with Crippen molar-refractivity contribution in [1.82, 2.24) is 15.1 Å². The molecule has 2 N–H and O–H groups in total. The maximum Gasteiger partial charge on any atom is 0.305 e. The number of aromatic nitrogens is 2. The van der Waals surface area contributed by atoms with Gasteiger partial charge in [0.15, 0.2) is 0 Å². The van der Waals surface area contributed by atoms with Crippen molar-refractivity contribution in [3.8, 4) is 0 Å². The van der Waals surface area contributed by atoms with Gasteiger partial charge >= 0.3 is 5.97 Å². The molecule has 120 valence electrons. The number of nitrogens with one attached hydrogen (secondary N) is 1. The molecule has 22 heavy (non-hydrogen) atoms. The molecule has 1 aromatic rings. The number of carboxylic acid groups (broad SMARTS) is 1. The fraction of sp³-hybridized carbons (Fsp3) is 0.688. The predicted octanol–water partition coefficient (Wildman–Crippen LogP) is 1.91. The van der Waals surface area contributed by atoms with Crippen molar-refractivity contribution < 1.29 is 14.7 Å². The second-order valence-electron chi connectivity index (χ2n) is 6.68. The summed E-state index contributed by atoms with van der Waals surface area (Å²) in [6, 6.07) is 1.80. The molecule has 4 unspecified atom stereocenters. The van der Waals surface area contributed by atoms with Gasteiger partial charge in [-0.3, -0.25) is 14.3 Å². The van der Waals surface area contributed by atoms with Crippen molar-refractivity contribution in [1.29, 1.82) is 0 Å². The van der Waals surface area contributed by atoms with E-state index in [0.717, 1.165) is 11.8 Å². The van der Waals surface area contributed by atoms with E-state index in [-0.39, 0.29) is 24.9 Å². The van der Waals surface area contributed by atoms with Crippen molar-refractivity contribution in [2.45, 2.75) is 51.6 Å². The van der Waals surface area contributed by atoms with Gasteiger partial charge in [-0.1, -0.05) is 6.42 Å². The van der Waals surface area contributed by atoms with Gasteiger partial charge in [-0.15, -0.1) is 0 Å². The van der Waals surface area contributed by atoms with Crippen LogP contribution < -0.4 is 5.32 Å². The van der Waals surface area contributed by atoms with Crippen LogP contribution in [-0.4, -0.2) is 32.8 Å². The Kier molecular flexibility index (Phi) is 4.18. The lowest BCUT2D eigenvalue weighted by atomic mass is 9.84. The maximum atomic E-state index is 12.4. The smallest absolute Gasteiger partial charge is 0.305 e. The molecule has 4 atom stereocenters. The summed E-state index contributed by atoms with van der Waals surface area (Å²) < 4.78 is 1.47. The summed E-state index contributed by atoms with van der Waals surface area (Å²) in [4.78, 5) is 23.1. The number of aliphatic carboxylic acids is 1. The summed E-state index contributed by atoms with van der Waals surface area (Å²) in [6.45, 7) is 2.30. The molecule has 0 saturated heterocycles. The van der Waals surface area contributed by atoms with Crippen molar-refractivity contribution in [2.24, 2.45) is 17.8 Å². The van der Waals surface area contributed by atoms with Gasteiger partial charge in [0.05, 0.1) is 13.0 Å². The molecule has 0 aromatic carbocycles. The Bertz CT molecular complexity index is 569. The number of aryl methyl sites for hydroxylation is 1. The number of fused-ring (bicyclic) bond motifs is 2. The van der Waals surface area contributed by atoms with Crippen molar-refractivity contribution in [3.05, 3.63) is 18.0 Å². The summed E-state index contributed by atoms with van der Waals surface area (Å²) >= 11 is 0. The second-order valence-corrected chi connectivity index (χ2v) is 6.68. The third-order valence-electron chi connectivity index (χ3n) is 5.28. The van der Waals surface area contributed by atoms with E-state index in [1.165, 1.54) is 30.4 Å². The molecule has 0 radical (unpaired) electrons. The summed E-state index contributed by atoms with van der Waals surface area (Å²) in [5.41, 5.74) is 0.441. The molecule has 6 heteroatoms. The molecular formula is C16H23N3O3. The van der Waals surface area contributed by atoms with Gasteiger partial charge in [-0.2, -0.15) is 5.10 Å². The lowest BCUT2D eigenvalue weighted by Gasteiger charge is -2.28. The number of carbonyl (C=O) groups is 2. The zero-order valence-electron chi connectivity index (χ0n) is 12.9. The van der Waals surface area contributed by atoms with Crippen LogP contribution in [0.15, 0.2) is 12.3 Å². The molecule has 1 heterocycles. The van der Waals surface area contributed by atoms with E-state index < -0.39 is 5.97 Å². The highest BCUT2D eigenvalue weighted by Gasteiger charge is 2.42. The first-order chi connectivity index (χ1) is 10.5. The molecule has 3 rings (SSSR count). The van der Waals surface area contributed by atoms with Crippen LogP contribution in [0.4, 0.5) is 0 Å². The Hall–Kier alpha value is -1.85. The lowest BCUT2D eigenvalue weighted by molar-refractivity contribution is -0.137. The molecule has 2 saturated carbocycles. The molecule has 2 bridgehead atoms. The molecule has 1 aromatic heterocycles. The van der Waals surface area contributed by atoms with Crippen LogP contribution in [0.25, 0.3) is 0 Å². The standard InChI is InChI=1S/C16H23N3O3/c1-10(13-9-11-2-3-12(13)8-11)18-16(22)14-4-6-17-19(14)7-5-15(20)21/h4,6,10-13H,2-3,5,7-9H2,1H3,(H,18,22)(H,20,21). The first-order valence-corrected chi connectivity index (χ1v) is 8.09. The zero-order chi connectivity index (χ0) is 15.7. The van der Waals surface area contributed by atoms with E-state index in [1.54, 1.807) is 12.3 Å². The van der Waals surface area contributed by atoms with Gasteiger partial charge in [-0.05, 0) is 50.0 Å². The highest BCUT2D eigenvalue weighted by atomic mass is 16.4. The Labute approximate surface area is 129 Å². The first kappa shape index (κ1) is 15.1. The Morgan fingerprint density at radius 1 is 1.45 bits per heavy atom. The largest absolute Gasteiger partial charge is 0.481 e. The van der Waals surface area contributed by atoms with Crippen LogP contribution in [-0.2, 0) is 11.3 Å². The fourth-order valence-corrected chi connectivity index (χ4v) is 4.20. The third kappa shape index (κ3) is 3.00. The Morgan fingerprint density at radius 2 is 2.27 bits per heavy atom. The molecule has 2 aliphatic rings. The quantitative estimate of drug-likeness (QED) is 0.841. The number of hydrogen-bond donors (Lipinski definition) is 2. The summed E-state index contributed by atoms with van der Waals surface area (Å²) in [5.74, 6) is 1.15. The first-order valence-electron chi connectivity index (χ1n) is 8.09. The van der Waals surface area contributed by atoms with Gasteiger partial charge in [0.25, 0.3) is 5.91 Å². The molecule has 2 aliphatic carbocycles. The number of carbonyl (C=O) groups excluding carboxylic acids is 1. The highest BCUT2D eigenvalue weighted by molar-refractivity contribution is 5.92. The van der Waals surface area contributed by atoms with Crippen LogP contribution in [0, 0.1) is 17.8 Å². The minimum atomic E-state index is -0.891. The number of rotatable bonds is 6. The van der Waals surface area contributed by atoms with E-state index in [2.05, 4.69) is 17.3 Å². The van der Waals surface area contributed by atoms with Crippen molar-refractivity contribution in [3.63, 3.8) is 0 Å². The average molecular weight is 305 g/mol. The predicted molar refractivity (Wildman–Crippen MR) is 80.3 cm³/mol. The number of nitrogens with zero attached hydrogens (tertiary/aromatic N) is 2. The van der Waals surface area contributed by atoms with Gasteiger partial charge in [0.2, 0.25) is 0 Å². The second kappa shape index (κ2) is 6.10. The van der Waals surface area contributed by atoms with Gasteiger partial charge < -0.3 is 10.4 Å². The van der Waals surface area contributed by atoms with E-state index in [4.69, 9.17) is 5.11 Å². The summed E-state index contributed by atoms with van der Waals surface area (Å²) in [6.07, 6.45) is 6.70. The molecule has 0 aliphatic heterocycles. The SMILES string of the molecule is CC(NC(=O)c1ccnn1CCC(=O)O)C1CC2CCC1C2. The monoisotopic (exact) mass is 305 g/mol. The number of carboxylic acids is 1. The molecule has 0 spiro atoms. The summed E-state index contributed by atoms with van der Waals surface area (Å²) in [5, 5.41) is 15.9. The summed E-state index contributed by atoms with van der Waals surface area (Å²) in [7, 11) is 0. The van der Waals surface area contributed by atoms with Crippen LogP contribution >= 0.6 is 0 Å². The normalized spacial score (nSPS) is 27.8. The highest BCUT2D eigenvalue weighted by Crippen LogP contribution is 2.49. The topological polar surface area (TPSA) is 84.2 Å². The molecule has 1 amide bonds. The molecular weight excluding hydrogens is 282 g/mol. The minimum absolute atomic E-state index is 0.0378. The van der Waals surface area contributed by atoms with E-state index in [9.17, 15) is 9.59 Å². The van der Waals surface area contributed by atoms with E-state index >= 15 is 0 Å². The minimum Gasteiger partial charge on any atom is -0.481 e. The van der Waals surface area contributed by atoms with E-state index in [0.29, 0.717) is 11.6 Å². The van der Waals surface area contributed by atoms with Gasteiger partial charge in [0.1, 0.15) is 5.69 Å². The van der Waals surface area contributed by atoms with Crippen LogP contribution in [0.5, 0.6) is 0 Å². The number of hydrogen-bond acceptors (Lipinski definition) is 3.